The van der Waals surface area contributed by atoms with Gasteiger partial charge in [0.15, 0.2) is 0 Å². The molecule has 1 aliphatic heterocycles. The van der Waals surface area contributed by atoms with Crippen LogP contribution in [-0.2, 0) is 0 Å². The molecule has 1 saturated heterocycles. The van der Waals surface area contributed by atoms with Crippen LogP contribution in [0.2, 0.25) is 0 Å². The summed E-state index contributed by atoms with van der Waals surface area (Å²) in [6.45, 7) is 8.19. The van der Waals surface area contributed by atoms with E-state index in [0.29, 0.717) is 6.04 Å². The maximum Gasteiger partial charge on any atom is 0.317 e. The van der Waals surface area contributed by atoms with Gasteiger partial charge in [-0.3, -0.25) is 0 Å². The Balaban J connectivity index is 2.27. The first kappa shape index (κ1) is 20.3. The van der Waals surface area contributed by atoms with Crippen LogP contribution in [0.5, 0.6) is 0 Å². The van der Waals surface area contributed by atoms with Crippen molar-refractivity contribution in [3.63, 3.8) is 0 Å². The predicted octanol–water partition coefficient (Wildman–Crippen LogP) is 4.25. The first-order valence-corrected chi connectivity index (χ1v) is 9.91. The minimum absolute atomic E-state index is 0.158. The lowest BCUT2D eigenvalue weighted by atomic mass is 10.0. The largest absolute Gasteiger partial charge is 0.335 e. The second-order valence-electron chi connectivity index (χ2n) is 7.14. The van der Waals surface area contributed by atoms with E-state index in [1.54, 1.807) is 0 Å². The van der Waals surface area contributed by atoms with Crippen LogP contribution in [0.4, 0.5) is 4.79 Å². The number of hydrogen-bond donors (Lipinski definition) is 1. The number of hydrogen-bond acceptors (Lipinski definition) is 2. The van der Waals surface area contributed by atoms with Crippen molar-refractivity contribution in [3.8, 4) is 0 Å². The van der Waals surface area contributed by atoms with E-state index in [9.17, 15) is 4.79 Å². The number of carbonyl (C=O) groups is 1. The van der Waals surface area contributed by atoms with E-state index in [1.807, 2.05) is 4.90 Å². The molecule has 1 atom stereocenters. The van der Waals surface area contributed by atoms with E-state index < -0.39 is 0 Å². The van der Waals surface area contributed by atoms with Gasteiger partial charge < -0.3 is 15.1 Å². The Morgan fingerprint density at radius 2 is 1.43 bits per heavy atom. The summed E-state index contributed by atoms with van der Waals surface area (Å²) in [7, 11) is 2.12. The number of carbonyl (C=O) groups excluding carboxylic acids is 1. The van der Waals surface area contributed by atoms with E-state index in [2.05, 4.69) is 31.1 Å². The zero-order valence-electron chi connectivity index (χ0n) is 15.8. The summed E-state index contributed by atoms with van der Waals surface area (Å²) in [6, 6.07) is 0.526. The number of nitrogens with zero attached hydrogens (tertiary/aromatic N) is 2. The lowest BCUT2D eigenvalue weighted by Gasteiger charge is -2.33. The van der Waals surface area contributed by atoms with E-state index in [1.165, 1.54) is 51.4 Å². The molecule has 1 N–H and O–H groups in total. The zero-order chi connectivity index (χ0) is 16.9. The maximum atomic E-state index is 12.4. The average molecular weight is 326 g/mol. The molecule has 1 unspecified atom stereocenters. The molecule has 0 bridgehead atoms. The Morgan fingerprint density at radius 3 is 2.09 bits per heavy atom. The van der Waals surface area contributed by atoms with Gasteiger partial charge in [0.05, 0.1) is 0 Å². The molecule has 0 saturated carbocycles. The fourth-order valence-electron chi connectivity index (χ4n) is 3.19. The summed E-state index contributed by atoms with van der Waals surface area (Å²) in [5, 5.41) is 3.31. The van der Waals surface area contributed by atoms with E-state index in [-0.39, 0.29) is 6.03 Å². The van der Waals surface area contributed by atoms with E-state index in [4.69, 9.17) is 0 Å². The van der Waals surface area contributed by atoms with Crippen molar-refractivity contribution < 1.29 is 4.79 Å². The molecule has 4 nitrogen and oxygen atoms in total. The Hall–Kier alpha value is -0.770. The quantitative estimate of drug-likeness (QED) is 0.576. The molecule has 4 heteroatoms. The Morgan fingerprint density at radius 1 is 0.870 bits per heavy atom. The van der Waals surface area contributed by atoms with Gasteiger partial charge in [-0.1, -0.05) is 65.2 Å². The first-order chi connectivity index (χ1) is 11.2. The monoisotopic (exact) mass is 325 g/mol. The van der Waals surface area contributed by atoms with Crippen molar-refractivity contribution in [3.05, 3.63) is 0 Å². The summed E-state index contributed by atoms with van der Waals surface area (Å²) in [4.78, 5) is 16.7. The first-order valence-electron chi connectivity index (χ1n) is 9.91. The van der Waals surface area contributed by atoms with Crippen molar-refractivity contribution >= 4 is 6.03 Å². The fourth-order valence-corrected chi connectivity index (χ4v) is 3.19. The highest BCUT2D eigenvalue weighted by molar-refractivity contribution is 5.74. The van der Waals surface area contributed by atoms with Gasteiger partial charge in [-0.05, 0) is 19.9 Å². The summed E-state index contributed by atoms with van der Waals surface area (Å²) in [6.07, 6.45) is 12.6. The van der Waals surface area contributed by atoms with Crippen molar-refractivity contribution in [1.82, 2.24) is 15.1 Å². The third-order valence-corrected chi connectivity index (χ3v) is 4.93. The fraction of sp³-hybridized carbons (Fsp3) is 0.947. The Labute approximate surface area is 144 Å². The van der Waals surface area contributed by atoms with Crippen LogP contribution in [0.3, 0.4) is 0 Å². The molecular weight excluding hydrogens is 286 g/mol. The van der Waals surface area contributed by atoms with Crippen molar-refractivity contribution in [2.75, 3.05) is 33.2 Å². The number of piperazine rings is 1. The standard InChI is InChI=1S/C19H39N3O/c1-4-6-8-9-10-11-13-18(12-7-5-2)20-19(23)22-16-14-21(3)15-17-22/h18H,4-17H2,1-3H3,(H,20,23). The molecule has 0 aliphatic carbocycles. The Kier molecular flexibility index (Phi) is 11.1. The third kappa shape index (κ3) is 9.19. The zero-order valence-corrected chi connectivity index (χ0v) is 15.8. The minimum atomic E-state index is 0.158. The van der Waals surface area contributed by atoms with Gasteiger partial charge in [0.2, 0.25) is 0 Å². The van der Waals surface area contributed by atoms with Crippen LogP contribution in [-0.4, -0.2) is 55.1 Å². The highest BCUT2D eigenvalue weighted by Crippen LogP contribution is 2.13. The second-order valence-corrected chi connectivity index (χ2v) is 7.14. The molecular formula is C19H39N3O. The van der Waals surface area contributed by atoms with Crippen LogP contribution in [0.1, 0.15) is 78.1 Å². The summed E-state index contributed by atoms with van der Waals surface area (Å²) in [5.41, 5.74) is 0. The number of amides is 2. The average Bonchev–Trinajstić information content (AvgIpc) is 2.56. The SMILES string of the molecule is CCCCCCCCC(CCCC)NC(=O)N1CCN(C)CC1. The molecule has 1 aliphatic rings. The third-order valence-electron chi connectivity index (χ3n) is 4.93. The normalized spacial score (nSPS) is 17.3. The van der Waals surface area contributed by atoms with E-state index in [0.717, 1.165) is 39.0 Å². The molecule has 0 aromatic heterocycles. The van der Waals surface area contributed by atoms with Gasteiger partial charge in [0.1, 0.15) is 0 Å². The number of rotatable bonds is 11. The topological polar surface area (TPSA) is 35.6 Å². The molecule has 2 amide bonds. The predicted molar refractivity (Wildman–Crippen MR) is 98.9 cm³/mol. The molecule has 0 spiro atoms. The summed E-state index contributed by atoms with van der Waals surface area (Å²) >= 11 is 0. The molecule has 0 aromatic carbocycles. The number of unbranched alkanes of at least 4 members (excludes halogenated alkanes) is 6. The highest BCUT2D eigenvalue weighted by Gasteiger charge is 2.21. The Bertz CT molecular complexity index is 301. The van der Waals surface area contributed by atoms with E-state index >= 15 is 0 Å². The number of urea groups is 1. The van der Waals surface area contributed by atoms with Gasteiger partial charge in [-0.2, -0.15) is 0 Å². The molecule has 23 heavy (non-hydrogen) atoms. The van der Waals surface area contributed by atoms with Gasteiger partial charge in [0, 0.05) is 32.2 Å². The molecule has 136 valence electrons. The van der Waals surface area contributed by atoms with Crippen molar-refractivity contribution in [2.45, 2.75) is 84.1 Å². The highest BCUT2D eigenvalue weighted by atomic mass is 16.2. The summed E-state index contributed by atoms with van der Waals surface area (Å²) < 4.78 is 0. The minimum Gasteiger partial charge on any atom is -0.335 e. The molecule has 0 aromatic rings. The van der Waals surface area contributed by atoms with Crippen LogP contribution >= 0.6 is 0 Å². The second kappa shape index (κ2) is 12.6. The van der Waals surface area contributed by atoms with Gasteiger partial charge in [0.25, 0.3) is 0 Å². The smallest absolute Gasteiger partial charge is 0.317 e. The van der Waals surface area contributed by atoms with Crippen molar-refractivity contribution in [2.24, 2.45) is 0 Å². The maximum absolute atomic E-state index is 12.4. The summed E-state index contributed by atoms with van der Waals surface area (Å²) in [5.74, 6) is 0. The lowest BCUT2D eigenvalue weighted by molar-refractivity contribution is 0.150. The van der Waals surface area contributed by atoms with Crippen molar-refractivity contribution in [1.29, 1.82) is 0 Å². The lowest BCUT2D eigenvalue weighted by Crippen LogP contribution is -2.52. The molecule has 1 heterocycles. The molecule has 1 fully saturated rings. The number of likely N-dealkylation sites (N-methyl/N-ethyl adjacent to an activating group) is 1. The van der Waals surface area contributed by atoms with Crippen LogP contribution in [0.15, 0.2) is 0 Å². The molecule has 1 rings (SSSR count). The van der Waals surface area contributed by atoms with Crippen LogP contribution in [0, 0.1) is 0 Å². The number of nitrogens with one attached hydrogen (secondary N) is 1. The van der Waals surface area contributed by atoms with Gasteiger partial charge in [-0.15, -0.1) is 0 Å². The molecule has 0 radical (unpaired) electrons. The van der Waals surface area contributed by atoms with Gasteiger partial charge >= 0.3 is 6.03 Å². The van der Waals surface area contributed by atoms with Gasteiger partial charge in [-0.25, -0.2) is 4.79 Å². The van der Waals surface area contributed by atoms with Crippen LogP contribution in [0.25, 0.3) is 0 Å². The van der Waals surface area contributed by atoms with Crippen LogP contribution < -0.4 is 5.32 Å².